The van der Waals surface area contributed by atoms with Gasteiger partial charge < -0.3 is 10.1 Å². The van der Waals surface area contributed by atoms with Crippen molar-refractivity contribution >= 4 is 38.7 Å². The van der Waals surface area contributed by atoms with Crippen LogP contribution in [0.2, 0.25) is 0 Å². The minimum absolute atomic E-state index is 0.218. The first-order valence-electron chi connectivity index (χ1n) is 7.72. The Hall–Kier alpha value is -2.15. The Morgan fingerprint density at radius 3 is 2.78 bits per heavy atom. The number of fused-ring (bicyclic) bond motifs is 1. The molecule has 1 aromatic carbocycles. The standard InChI is InChI=1S/C16H19N3O3S/c1-22-14(20)10-7-8-12-13(9-10)23-16(18-12)19-15(21)17-11-5-3-2-4-6-11/h7-9,11H,2-6H2,1H3,(H2,17,18,19,21). The minimum Gasteiger partial charge on any atom is -0.465 e. The molecule has 7 heteroatoms. The molecule has 6 nitrogen and oxygen atoms in total. The number of anilines is 1. The van der Waals surface area contributed by atoms with Crippen LogP contribution in [0.15, 0.2) is 18.2 Å². The summed E-state index contributed by atoms with van der Waals surface area (Å²) in [5.41, 5.74) is 1.22. The third-order valence-corrected chi connectivity index (χ3v) is 4.90. The molecule has 1 aliphatic carbocycles. The van der Waals surface area contributed by atoms with Gasteiger partial charge in [-0.25, -0.2) is 14.6 Å². The number of urea groups is 1. The molecule has 0 spiro atoms. The molecule has 0 saturated heterocycles. The zero-order valence-corrected chi connectivity index (χ0v) is 13.7. The van der Waals surface area contributed by atoms with E-state index < -0.39 is 0 Å². The van der Waals surface area contributed by atoms with Gasteiger partial charge in [0.1, 0.15) is 0 Å². The highest BCUT2D eigenvalue weighted by Gasteiger charge is 2.17. The average Bonchev–Trinajstić information content (AvgIpc) is 2.95. The molecule has 1 heterocycles. The Bertz CT molecular complexity index is 722. The number of nitrogens with one attached hydrogen (secondary N) is 2. The number of methoxy groups -OCH3 is 1. The lowest BCUT2D eigenvalue weighted by molar-refractivity contribution is 0.0601. The van der Waals surface area contributed by atoms with E-state index in [1.54, 1.807) is 18.2 Å². The van der Waals surface area contributed by atoms with Crippen LogP contribution in [0, 0.1) is 0 Å². The maximum absolute atomic E-state index is 12.0. The quantitative estimate of drug-likeness (QED) is 0.842. The average molecular weight is 333 g/mol. The van der Waals surface area contributed by atoms with E-state index in [-0.39, 0.29) is 18.0 Å². The highest BCUT2D eigenvalue weighted by molar-refractivity contribution is 7.22. The third-order valence-electron chi connectivity index (χ3n) is 3.97. The number of rotatable bonds is 3. The number of esters is 1. The van der Waals surface area contributed by atoms with E-state index in [1.165, 1.54) is 37.7 Å². The van der Waals surface area contributed by atoms with E-state index in [2.05, 4.69) is 15.6 Å². The molecule has 122 valence electrons. The van der Waals surface area contributed by atoms with Crippen molar-refractivity contribution in [1.82, 2.24) is 10.3 Å². The number of hydrogen-bond donors (Lipinski definition) is 2. The molecule has 1 aliphatic rings. The van der Waals surface area contributed by atoms with Crippen LogP contribution in [0.1, 0.15) is 42.5 Å². The summed E-state index contributed by atoms with van der Waals surface area (Å²) in [6.45, 7) is 0. The molecule has 2 amide bonds. The van der Waals surface area contributed by atoms with E-state index in [0.717, 1.165) is 23.1 Å². The van der Waals surface area contributed by atoms with Crippen molar-refractivity contribution in [2.45, 2.75) is 38.1 Å². The molecule has 0 atom stereocenters. The molecule has 3 rings (SSSR count). The van der Waals surface area contributed by atoms with Crippen molar-refractivity contribution in [3.8, 4) is 0 Å². The van der Waals surface area contributed by atoms with Crippen molar-refractivity contribution in [3.63, 3.8) is 0 Å². The fourth-order valence-corrected chi connectivity index (χ4v) is 3.69. The van der Waals surface area contributed by atoms with Gasteiger partial charge in [0.05, 0.1) is 22.9 Å². The lowest BCUT2D eigenvalue weighted by Gasteiger charge is -2.22. The molecule has 2 aromatic rings. The van der Waals surface area contributed by atoms with Crippen LogP contribution in [-0.2, 0) is 4.74 Å². The van der Waals surface area contributed by atoms with Crippen molar-refractivity contribution in [3.05, 3.63) is 23.8 Å². The third kappa shape index (κ3) is 3.79. The maximum atomic E-state index is 12.0. The summed E-state index contributed by atoms with van der Waals surface area (Å²) in [5, 5.41) is 6.30. The number of benzene rings is 1. The molecule has 0 aliphatic heterocycles. The van der Waals surface area contributed by atoms with Gasteiger partial charge in [-0.3, -0.25) is 5.32 Å². The predicted molar refractivity (Wildman–Crippen MR) is 90.0 cm³/mol. The number of aromatic nitrogens is 1. The van der Waals surface area contributed by atoms with Crippen LogP contribution < -0.4 is 10.6 Å². The molecule has 0 radical (unpaired) electrons. The lowest BCUT2D eigenvalue weighted by Crippen LogP contribution is -2.38. The summed E-state index contributed by atoms with van der Waals surface area (Å²) in [6.07, 6.45) is 5.66. The smallest absolute Gasteiger partial charge is 0.337 e. The molecule has 1 saturated carbocycles. The number of hydrogen-bond acceptors (Lipinski definition) is 5. The molecule has 2 N–H and O–H groups in total. The van der Waals surface area contributed by atoms with Crippen molar-refractivity contribution < 1.29 is 14.3 Å². The number of amides is 2. The fourth-order valence-electron chi connectivity index (χ4n) is 2.79. The van der Waals surface area contributed by atoms with Gasteiger partial charge in [0, 0.05) is 6.04 Å². The molecule has 1 aromatic heterocycles. The maximum Gasteiger partial charge on any atom is 0.337 e. The SMILES string of the molecule is COC(=O)c1ccc2nc(NC(=O)NC3CCCCC3)sc2c1. The van der Waals surface area contributed by atoms with Crippen molar-refractivity contribution in [2.75, 3.05) is 12.4 Å². The van der Waals surface area contributed by atoms with Crippen LogP contribution >= 0.6 is 11.3 Å². The Morgan fingerprint density at radius 1 is 1.26 bits per heavy atom. The van der Waals surface area contributed by atoms with Gasteiger partial charge in [-0.15, -0.1) is 0 Å². The van der Waals surface area contributed by atoms with E-state index in [0.29, 0.717) is 10.7 Å². The molecular weight excluding hydrogens is 314 g/mol. The van der Waals surface area contributed by atoms with E-state index >= 15 is 0 Å². The second-order valence-electron chi connectivity index (χ2n) is 5.63. The highest BCUT2D eigenvalue weighted by Crippen LogP contribution is 2.27. The van der Waals surface area contributed by atoms with Crippen LogP contribution in [-0.4, -0.2) is 30.1 Å². The number of thiazole rings is 1. The second-order valence-corrected chi connectivity index (χ2v) is 6.66. The summed E-state index contributed by atoms with van der Waals surface area (Å²) < 4.78 is 5.54. The summed E-state index contributed by atoms with van der Waals surface area (Å²) in [4.78, 5) is 28.0. The highest BCUT2D eigenvalue weighted by atomic mass is 32.1. The summed E-state index contributed by atoms with van der Waals surface area (Å²) in [6, 6.07) is 5.18. The van der Waals surface area contributed by atoms with Crippen molar-refractivity contribution in [1.29, 1.82) is 0 Å². The lowest BCUT2D eigenvalue weighted by atomic mass is 9.96. The molecular formula is C16H19N3O3S. The first-order chi connectivity index (χ1) is 11.2. The number of carbonyl (C=O) groups excluding carboxylic acids is 2. The van der Waals surface area contributed by atoms with Crippen LogP contribution in [0.4, 0.5) is 9.93 Å². The number of carbonyl (C=O) groups is 2. The fraction of sp³-hybridized carbons (Fsp3) is 0.438. The summed E-state index contributed by atoms with van der Waals surface area (Å²) in [5.74, 6) is -0.384. The molecule has 0 bridgehead atoms. The van der Waals surface area contributed by atoms with Crippen LogP contribution in [0.5, 0.6) is 0 Å². The van der Waals surface area contributed by atoms with Gasteiger partial charge >= 0.3 is 12.0 Å². The Morgan fingerprint density at radius 2 is 2.04 bits per heavy atom. The Kier molecular flexibility index (Phi) is 4.76. The summed E-state index contributed by atoms with van der Waals surface area (Å²) >= 11 is 1.34. The van der Waals surface area contributed by atoms with E-state index in [9.17, 15) is 9.59 Å². The van der Waals surface area contributed by atoms with Gasteiger partial charge in [0.15, 0.2) is 5.13 Å². The number of ether oxygens (including phenoxy) is 1. The zero-order valence-electron chi connectivity index (χ0n) is 12.9. The van der Waals surface area contributed by atoms with E-state index in [4.69, 9.17) is 4.74 Å². The molecule has 0 unspecified atom stereocenters. The van der Waals surface area contributed by atoms with Crippen LogP contribution in [0.3, 0.4) is 0 Å². The predicted octanol–water partition coefficient (Wildman–Crippen LogP) is 3.54. The van der Waals surface area contributed by atoms with Crippen LogP contribution in [0.25, 0.3) is 10.2 Å². The normalized spacial score (nSPS) is 15.3. The Labute approximate surface area is 138 Å². The number of nitrogens with zero attached hydrogens (tertiary/aromatic N) is 1. The minimum atomic E-state index is -0.384. The monoisotopic (exact) mass is 333 g/mol. The Balaban J connectivity index is 1.67. The summed E-state index contributed by atoms with van der Waals surface area (Å²) in [7, 11) is 1.35. The van der Waals surface area contributed by atoms with Gasteiger partial charge in [-0.05, 0) is 31.0 Å². The van der Waals surface area contributed by atoms with Gasteiger partial charge in [-0.2, -0.15) is 0 Å². The largest absolute Gasteiger partial charge is 0.465 e. The van der Waals surface area contributed by atoms with Gasteiger partial charge in [0.25, 0.3) is 0 Å². The molecule has 1 fully saturated rings. The molecule has 23 heavy (non-hydrogen) atoms. The topological polar surface area (TPSA) is 80.3 Å². The van der Waals surface area contributed by atoms with E-state index in [1.807, 2.05) is 0 Å². The van der Waals surface area contributed by atoms with Gasteiger partial charge in [0.2, 0.25) is 0 Å². The second kappa shape index (κ2) is 6.95. The zero-order chi connectivity index (χ0) is 16.2. The first kappa shape index (κ1) is 15.7. The van der Waals surface area contributed by atoms with Crippen molar-refractivity contribution in [2.24, 2.45) is 0 Å². The first-order valence-corrected chi connectivity index (χ1v) is 8.54. The van der Waals surface area contributed by atoms with Gasteiger partial charge in [-0.1, -0.05) is 30.6 Å².